The Balaban J connectivity index is 0.000000228. The van der Waals surface area contributed by atoms with Gasteiger partial charge in [-0.1, -0.05) is 141 Å². The van der Waals surface area contributed by atoms with Crippen LogP contribution in [0.25, 0.3) is 33.4 Å². The first kappa shape index (κ1) is 38.4. The number of benzene rings is 5. The van der Waals surface area contributed by atoms with Gasteiger partial charge in [0.25, 0.3) is 0 Å². The van der Waals surface area contributed by atoms with Gasteiger partial charge in [-0.25, -0.2) is 6.08 Å². The summed E-state index contributed by atoms with van der Waals surface area (Å²) in [7, 11) is 0. The van der Waals surface area contributed by atoms with Gasteiger partial charge in [0.15, 0.2) is 0 Å². The summed E-state index contributed by atoms with van der Waals surface area (Å²) in [4.78, 5) is 0. The summed E-state index contributed by atoms with van der Waals surface area (Å²) in [5.74, 6) is 0.573. The molecule has 0 nitrogen and oxygen atoms in total. The minimum absolute atomic E-state index is 0. The number of hydrogen-bond donors (Lipinski definition) is 0. The zero-order valence-electron chi connectivity index (χ0n) is 27.9. The SMILES string of the molecule is CCC1[C-]=CC(C(C)(C)C)=C1.C[C](=[Zr+2])c1ccccc1.[Cl-].[Cl-].[c-]1c(-c2ccccc2)ccc2c1Cc1cc(-c3ccccc3)ccc1-2. The standard InChI is InChI=1S/C25H17.C11H17.C8H8.2ClH.Zr/c1-3-7-18(8-4-1)20-11-13-24-22(15-20)17-23-16-21(12-14-25(23)24)19-9-5-2-6-10-19;1-5-9-6-7-10(8-9)11(2,3)4;1-2-8-6-4-3-5-7-8;;;/h1-15H,17H2;7-9H,5H2,1-4H3;3-7H,1H3;2*1H;/q2*-1;;;;+2/p-2. The Morgan fingerprint density at radius 2 is 1.30 bits per heavy atom. The second kappa shape index (κ2) is 17.9. The first-order chi connectivity index (χ1) is 21.7. The molecule has 5 aromatic carbocycles. The van der Waals surface area contributed by atoms with Crippen LogP contribution in [0.15, 0.2) is 139 Å². The van der Waals surface area contributed by atoms with Crippen LogP contribution in [0.4, 0.5) is 0 Å². The monoisotopic (exact) mass is 730 g/mol. The molecule has 47 heavy (non-hydrogen) atoms. The van der Waals surface area contributed by atoms with Crippen molar-refractivity contribution in [3.05, 3.63) is 168 Å². The molecule has 2 aliphatic rings. The molecule has 0 heterocycles. The van der Waals surface area contributed by atoms with Gasteiger partial charge in [-0.05, 0) is 23.1 Å². The smallest absolute Gasteiger partial charge is 0.0181 e. The van der Waals surface area contributed by atoms with E-state index in [2.05, 4.69) is 174 Å². The first-order valence-electron chi connectivity index (χ1n) is 15.9. The summed E-state index contributed by atoms with van der Waals surface area (Å²) in [5, 5.41) is 0. The van der Waals surface area contributed by atoms with Crippen molar-refractivity contribution in [1.29, 1.82) is 0 Å². The van der Waals surface area contributed by atoms with E-state index in [1.54, 1.807) is 0 Å². The Morgan fingerprint density at radius 1 is 0.723 bits per heavy atom. The molecular formula is C44H42Cl2Zr-2. The molecule has 0 aromatic heterocycles. The van der Waals surface area contributed by atoms with Crippen LogP contribution in [0.1, 0.15) is 57.7 Å². The average molecular weight is 733 g/mol. The molecule has 0 bridgehead atoms. The maximum atomic E-state index is 3.65. The van der Waals surface area contributed by atoms with E-state index in [1.807, 2.05) is 6.07 Å². The molecule has 0 radical (unpaired) electrons. The summed E-state index contributed by atoms with van der Waals surface area (Å²) >= 11 is 1.51. The maximum Gasteiger partial charge on any atom is -0.0181 e. The number of halogens is 2. The van der Waals surface area contributed by atoms with Crippen LogP contribution in [0, 0.1) is 23.5 Å². The largest absolute Gasteiger partial charge is 1.00 e. The van der Waals surface area contributed by atoms with Gasteiger partial charge in [0.2, 0.25) is 0 Å². The van der Waals surface area contributed by atoms with Crippen LogP contribution in [0.3, 0.4) is 0 Å². The predicted molar refractivity (Wildman–Crippen MR) is 190 cm³/mol. The van der Waals surface area contributed by atoms with Crippen LogP contribution in [0.5, 0.6) is 0 Å². The normalized spacial score (nSPS) is 13.7. The van der Waals surface area contributed by atoms with Gasteiger partial charge in [-0.15, -0.1) is 29.3 Å². The zero-order chi connectivity index (χ0) is 31.8. The van der Waals surface area contributed by atoms with Crippen molar-refractivity contribution in [2.45, 2.75) is 47.5 Å². The van der Waals surface area contributed by atoms with Crippen molar-refractivity contribution in [3.8, 4) is 33.4 Å². The van der Waals surface area contributed by atoms with Crippen LogP contribution < -0.4 is 24.8 Å². The topological polar surface area (TPSA) is 0 Å². The summed E-state index contributed by atoms with van der Waals surface area (Å²) in [6.07, 6.45) is 9.97. The van der Waals surface area contributed by atoms with E-state index in [9.17, 15) is 0 Å². The molecule has 0 amide bonds. The van der Waals surface area contributed by atoms with Crippen molar-refractivity contribution in [2.24, 2.45) is 11.3 Å². The Labute approximate surface area is 310 Å². The zero-order valence-corrected chi connectivity index (χ0v) is 31.9. The summed E-state index contributed by atoms with van der Waals surface area (Å²) in [6.45, 7) is 11.1. The summed E-state index contributed by atoms with van der Waals surface area (Å²) in [6, 6.07) is 46.5. The molecule has 0 saturated heterocycles. The molecular weight excluding hydrogens is 691 g/mol. The minimum atomic E-state index is 0. The Kier molecular flexibility index (Phi) is 14.6. The van der Waals surface area contributed by atoms with Crippen LogP contribution in [0.2, 0.25) is 0 Å². The molecule has 5 aromatic rings. The Morgan fingerprint density at radius 3 is 1.81 bits per heavy atom. The predicted octanol–water partition coefficient (Wildman–Crippen LogP) is 5.53. The molecule has 0 N–H and O–H groups in total. The second-order valence-electron chi connectivity index (χ2n) is 12.7. The fourth-order valence-electron chi connectivity index (χ4n) is 5.62. The van der Waals surface area contributed by atoms with Crippen LogP contribution in [-0.4, -0.2) is 3.21 Å². The van der Waals surface area contributed by atoms with Gasteiger partial charge in [0, 0.05) is 0 Å². The number of hydrogen-bond acceptors (Lipinski definition) is 0. The van der Waals surface area contributed by atoms with E-state index in [4.69, 9.17) is 0 Å². The maximum absolute atomic E-state index is 3.65. The summed E-state index contributed by atoms with van der Waals surface area (Å²) in [5.41, 5.74) is 13.5. The van der Waals surface area contributed by atoms with Gasteiger partial charge >= 0.3 is 70.3 Å². The summed E-state index contributed by atoms with van der Waals surface area (Å²) < 4.78 is 1.46. The molecule has 7 rings (SSSR count). The number of rotatable bonds is 4. The van der Waals surface area contributed by atoms with Crippen molar-refractivity contribution in [1.82, 2.24) is 0 Å². The second-order valence-corrected chi connectivity index (χ2v) is 14.6. The van der Waals surface area contributed by atoms with Gasteiger partial charge < -0.3 is 24.8 Å². The third-order valence-corrected chi connectivity index (χ3v) is 9.04. The quantitative estimate of drug-likeness (QED) is 0.209. The Hall–Kier alpha value is -3.09. The van der Waals surface area contributed by atoms with Gasteiger partial charge in [-0.2, -0.15) is 11.6 Å². The molecule has 0 fully saturated rings. The third kappa shape index (κ3) is 10.2. The molecule has 0 saturated carbocycles. The van der Waals surface area contributed by atoms with E-state index in [1.165, 1.54) is 89.5 Å². The number of fused-ring (bicyclic) bond motifs is 3. The van der Waals surface area contributed by atoms with Crippen LogP contribution in [-0.2, 0) is 30.7 Å². The van der Waals surface area contributed by atoms with Crippen LogP contribution >= 0.6 is 0 Å². The van der Waals surface area contributed by atoms with Crippen molar-refractivity contribution >= 4 is 3.21 Å². The van der Waals surface area contributed by atoms with Gasteiger partial charge in [-0.3, -0.25) is 6.08 Å². The fourth-order valence-corrected chi connectivity index (χ4v) is 6.03. The molecule has 2 aliphatic carbocycles. The fraction of sp³-hybridized carbons (Fsp3) is 0.205. The molecule has 0 spiro atoms. The average Bonchev–Trinajstić information content (AvgIpc) is 3.71. The van der Waals surface area contributed by atoms with Gasteiger partial charge in [0.05, 0.1) is 0 Å². The third-order valence-electron chi connectivity index (χ3n) is 8.33. The molecule has 1 atom stereocenters. The first-order valence-corrected chi connectivity index (χ1v) is 17.2. The minimum Gasteiger partial charge on any atom is -1.00 e. The number of allylic oxidation sites excluding steroid dienone is 4. The Bertz CT molecular complexity index is 1710. The van der Waals surface area contributed by atoms with E-state index >= 15 is 0 Å². The van der Waals surface area contributed by atoms with Crippen molar-refractivity contribution in [3.63, 3.8) is 0 Å². The van der Waals surface area contributed by atoms with Crippen molar-refractivity contribution in [2.75, 3.05) is 0 Å². The van der Waals surface area contributed by atoms with E-state index < -0.39 is 0 Å². The molecule has 1 unspecified atom stereocenters. The van der Waals surface area contributed by atoms with E-state index in [-0.39, 0.29) is 24.8 Å². The molecule has 238 valence electrons. The van der Waals surface area contributed by atoms with E-state index in [0.29, 0.717) is 11.3 Å². The van der Waals surface area contributed by atoms with E-state index in [0.717, 1.165) is 6.42 Å². The van der Waals surface area contributed by atoms with Gasteiger partial charge in [0.1, 0.15) is 0 Å². The molecule has 0 aliphatic heterocycles. The molecule has 3 heteroatoms. The van der Waals surface area contributed by atoms with Crippen molar-refractivity contribution < 1.29 is 49.0 Å².